The predicted octanol–water partition coefficient (Wildman–Crippen LogP) is 0.777. The van der Waals surface area contributed by atoms with Crippen LogP contribution in [0.3, 0.4) is 0 Å². The van der Waals surface area contributed by atoms with E-state index in [0.717, 1.165) is 0 Å². The van der Waals surface area contributed by atoms with Gasteiger partial charge in [-0.3, -0.25) is 4.79 Å². The van der Waals surface area contributed by atoms with Gasteiger partial charge in [-0.1, -0.05) is 6.58 Å². The lowest BCUT2D eigenvalue weighted by Crippen LogP contribution is -2.06. The van der Waals surface area contributed by atoms with Crippen molar-refractivity contribution in [3.8, 4) is 0 Å². The Morgan fingerprint density at radius 3 is 3.08 bits per heavy atom. The first-order valence-corrected chi connectivity index (χ1v) is 3.61. The second kappa shape index (κ2) is 3.71. The summed E-state index contributed by atoms with van der Waals surface area (Å²) in [4.78, 5) is 16.9. The fourth-order valence-electron chi connectivity index (χ4n) is 0.743. The zero-order valence-electron chi connectivity index (χ0n) is 6.83. The van der Waals surface area contributed by atoms with Crippen LogP contribution < -0.4 is 5.56 Å². The van der Waals surface area contributed by atoms with E-state index in [0.29, 0.717) is 18.1 Å². The molecule has 1 heterocycles. The average molecular weight is 166 g/mol. The fourth-order valence-corrected chi connectivity index (χ4v) is 0.743. The molecular weight excluding hydrogens is 156 g/mol. The van der Waals surface area contributed by atoms with Crippen molar-refractivity contribution in [3.05, 3.63) is 35.0 Å². The fraction of sp³-hybridized carbons (Fsp3) is 0.250. The van der Waals surface area contributed by atoms with Crippen LogP contribution in [0.15, 0.2) is 23.8 Å². The number of nitrogens with one attached hydrogen (secondary N) is 1. The molecule has 0 atom stereocenters. The van der Waals surface area contributed by atoms with E-state index >= 15 is 0 Å². The van der Waals surface area contributed by atoms with Crippen LogP contribution in [0.4, 0.5) is 0 Å². The minimum Gasteiger partial charge on any atom is -0.492 e. The number of aromatic nitrogens is 2. The molecule has 0 aromatic carbocycles. The molecule has 64 valence electrons. The highest BCUT2D eigenvalue weighted by Gasteiger charge is 1.98. The third kappa shape index (κ3) is 1.95. The summed E-state index contributed by atoms with van der Waals surface area (Å²) in [6, 6.07) is 0. The summed E-state index contributed by atoms with van der Waals surface area (Å²) in [6.45, 7) is 6.04. The van der Waals surface area contributed by atoms with Gasteiger partial charge in [0, 0.05) is 6.20 Å². The molecule has 12 heavy (non-hydrogen) atoms. The number of ether oxygens (including phenoxy) is 1. The van der Waals surface area contributed by atoms with Crippen LogP contribution in [0.5, 0.6) is 0 Å². The zero-order valence-corrected chi connectivity index (χ0v) is 6.83. The molecule has 1 rings (SSSR count). The largest absolute Gasteiger partial charge is 0.492 e. The maximum atomic E-state index is 10.6. The van der Waals surface area contributed by atoms with Crippen molar-refractivity contribution in [3.63, 3.8) is 0 Å². The van der Waals surface area contributed by atoms with Crippen LogP contribution in [0.2, 0.25) is 0 Å². The molecule has 0 bridgehead atoms. The number of aromatic amines is 1. The molecule has 0 radical (unpaired) electrons. The topological polar surface area (TPSA) is 55.0 Å². The zero-order chi connectivity index (χ0) is 8.97. The van der Waals surface area contributed by atoms with Gasteiger partial charge in [0.25, 0.3) is 5.56 Å². The van der Waals surface area contributed by atoms with E-state index in [9.17, 15) is 4.79 Å². The summed E-state index contributed by atoms with van der Waals surface area (Å²) in [5.74, 6) is 0.466. The first-order valence-electron chi connectivity index (χ1n) is 3.61. The first kappa shape index (κ1) is 8.52. The third-order valence-electron chi connectivity index (χ3n) is 1.28. The van der Waals surface area contributed by atoms with Crippen molar-refractivity contribution < 1.29 is 4.74 Å². The molecule has 0 aliphatic carbocycles. The van der Waals surface area contributed by atoms with Crippen molar-refractivity contribution in [2.75, 3.05) is 6.61 Å². The molecule has 0 unspecified atom stereocenters. The van der Waals surface area contributed by atoms with E-state index in [1.807, 2.05) is 6.92 Å². The highest BCUT2D eigenvalue weighted by molar-refractivity contribution is 5.51. The van der Waals surface area contributed by atoms with Gasteiger partial charge in [-0.15, -0.1) is 0 Å². The standard InChI is InChI=1S/C8H10N2O2/c1-3-12-6(2)7-4-10-8(11)5-9-7/h4-5H,2-3H2,1H3,(H,10,11). The summed E-state index contributed by atoms with van der Waals surface area (Å²) in [5, 5.41) is 0. The van der Waals surface area contributed by atoms with E-state index in [-0.39, 0.29) is 5.56 Å². The van der Waals surface area contributed by atoms with Gasteiger partial charge >= 0.3 is 0 Å². The van der Waals surface area contributed by atoms with Crippen LogP contribution in [0.1, 0.15) is 12.6 Å². The van der Waals surface area contributed by atoms with Crippen molar-refractivity contribution in [2.24, 2.45) is 0 Å². The molecule has 0 fully saturated rings. The predicted molar refractivity (Wildman–Crippen MR) is 45.5 cm³/mol. The third-order valence-corrected chi connectivity index (χ3v) is 1.28. The van der Waals surface area contributed by atoms with Gasteiger partial charge in [-0.25, -0.2) is 4.98 Å². The first-order chi connectivity index (χ1) is 5.74. The van der Waals surface area contributed by atoms with Crippen LogP contribution in [-0.4, -0.2) is 16.6 Å². The number of hydrogen-bond acceptors (Lipinski definition) is 3. The summed E-state index contributed by atoms with van der Waals surface area (Å²) in [5.41, 5.74) is 0.319. The van der Waals surface area contributed by atoms with E-state index in [1.54, 1.807) is 0 Å². The van der Waals surface area contributed by atoms with E-state index in [4.69, 9.17) is 4.74 Å². The number of H-pyrrole nitrogens is 1. The molecule has 0 spiro atoms. The highest BCUT2D eigenvalue weighted by Crippen LogP contribution is 2.06. The molecule has 1 aromatic heterocycles. The summed E-state index contributed by atoms with van der Waals surface area (Å²) >= 11 is 0. The Balaban J connectivity index is 2.82. The van der Waals surface area contributed by atoms with Gasteiger partial charge in [-0.05, 0) is 6.92 Å². The minimum absolute atomic E-state index is 0.233. The molecule has 1 aromatic rings. The van der Waals surface area contributed by atoms with Crippen LogP contribution in [0.25, 0.3) is 5.76 Å². The Morgan fingerprint density at radius 2 is 2.58 bits per heavy atom. The minimum atomic E-state index is -0.233. The SMILES string of the molecule is C=C(OCC)c1c[nH]c(=O)cn1. The van der Waals surface area contributed by atoms with Crippen LogP contribution >= 0.6 is 0 Å². The monoisotopic (exact) mass is 166 g/mol. The molecule has 0 amide bonds. The lowest BCUT2D eigenvalue weighted by Gasteiger charge is -2.03. The van der Waals surface area contributed by atoms with E-state index in [1.165, 1.54) is 12.4 Å². The second-order valence-electron chi connectivity index (χ2n) is 2.15. The quantitative estimate of drug-likeness (QED) is 0.675. The number of nitrogens with zero attached hydrogens (tertiary/aromatic N) is 1. The van der Waals surface area contributed by atoms with Gasteiger partial charge in [0.05, 0.1) is 12.8 Å². The number of hydrogen-bond donors (Lipinski definition) is 1. The summed E-state index contributed by atoms with van der Waals surface area (Å²) < 4.78 is 5.09. The molecule has 1 N–H and O–H groups in total. The van der Waals surface area contributed by atoms with Gasteiger partial charge in [0.1, 0.15) is 11.5 Å². The lowest BCUT2D eigenvalue weighted by atomic mass is 10.4. The molecule has 0 aliphatic rings. The van der Waals surface area contributed by atoms with Crippen LogP contribution in [0, 0.1) is 0 Å². The molecule has 0 aliphatic heterocycles. The van der Waals surface area contributed by atoms with Crippen LogP contribution in [-0.2, 0) is 4.74 Å². The van der Waals surface area contributed by atoms with Gasteiger partial charge in [-0.2, -0.15) is 0 Å². The average Bonchev–Trinajstić information content (AvgIpc) is 2.06. The van der Waals surface area contributed by atoms with Crippen molar-refractivity contribution in [1.82, 2.24) is 9.97 Å². The normalized spacial score (nSPS) is 9.42. The Hall–Kier alpha value is -1.58. The van der Waals surface area contributed by atoms with E-state index < -0.39 is 0 Å². The Morgan fingerprint density at radius 1 is 1.83 bits per heavy atom. The molecule has 4 nitrogen and oxygen atoms in total. The van der Waals surface area contributed by atoms with Crippen molar-refractivity contribution >= 4 is 5.76 Å². The Bertz CT molecular complexity index is 310. The maximum absolute atomic E-state index is 10.6. The molecule has 4 heteroatoms. The summed E-state index contributed by atoms with van der Waals surface area (Å²) in [6.07, 6.45) is 2.67. The van der Waals surface area contributed by atoms with Gasteiger partial charge < -0.3 is 9.72 Å². The molecule has 0 saturated heterocycles. The van der Waals surface area contributed by atoms with E-state index in [2.05, 4.69) is 16.5 Å². The Kier molecular flexibility index (Phi) is 2.63. The van der Waals surface area contributed by atoms with Crippen molar-refractivity contribution in [1.29, 1.82) is 0 Å². The maximum Gasteiger partial charge on any atom is 0.266 e. The van der Waals surface area contributed by atoms with Gasteiger partial charge in [0.2, 0.25) is 0 Å². The second-order valence-corrected chi connectivity index (χ2v) is 2.15. The molecular formula is C8H10N2O2. The Labute approximate surface area is 69.9 Å². The highest BCUT2D eigenvalue weighted by atomic mass is 16.5. The molecule has 0 saturated carbocycles. The lowest BCUT2D eigenvalue weighted by molar-refractivity contribution is 0.297. The van der Waals surface area contributed by atoms with Crippen molar-refractivity contribution in [2.45, 2.75) is 6.92 Å². The number of rotatable bonds is 3. The van der Waals surface area contributed by atoms with Gasteiger partial charge in [0.15, 0.2) is 0 Å². The smallest absolute Gasteiger partial charge is 0.266 e. The summed E-state index contributed by atoms with van der Waals surface area (Å²) in [7, 11) is 0.